The molecule has 2 aromatic heterocycles. The van der Waals surface area contributed by atoms with Crippen LogP contribution in [0.1, 0.15) is 18.1 Å². The van der Waals surface area contributed by atoms with E-state index in [9.17, 15) is 14.3 Å². The quantitative estimate of drug-likeness (QED) is 0.208. The average molecular weight is 694 g/mol. The van der Waals surface area contributed by atoms with Gasteiger partial charge in [0, 0.05) is 12.0 Å². The van der Waals surface area contributed by atoms with Gasteiger partial charge in [-0.3, -0.25) is 24.6 Å². The van der Waals surface area contributed by atoms with E-state index >= 15 is 4.39 Å². The molecule has 1 amide bonds. The molecule has 236 valence electrons. The van der Waals surface area contributed by atoms with Crippen molar-refractivity contribution in [3.05, 3.63) is 18.1 Å². The average Bonchev–Trinajstić information content (AvgIpc) is 3.72. The number of carbonyl (C=O) groups is 1. The number of nitrogens with one attached hydrogen (secondary N) is 2. The number of aliphatic imine (C=N–C) groups is 1. The van der Waals surface area contributed by atoms with Crippen LogP contribution in [0.4, 0.5) is 10.3 Å². The third-order valence-electron chi connectivity index (χ3n) is 7.20. The maximum Gasteiger partial charge on any atom is 0.386 e. The summed E-state index contributed by atoms with van der Waals surface area (Å²) in [6, 6.07) is -1.23. The van der Waals surface area contributed by atoms with Crippen LogP contribution in [0.2, 0.25) is 0 Å². The molecule has 0 spiro atoms. The number of anilines is 1. The highest BCUT2D eigenvalue weighted by Crippen LogP contribution is 2.58. The Morgan fingerprint density at radius 3 is 2.82 bits per heavy atom. The highest BCUT2D eigenvalue weighted by molar-refractivity contribution is 8.44. The number of amidine groups is 1. The predicted octanol–water partition coefficient (Wildman–Crippen LogP) is 0.186. The normalized spacial score (nSPS) is 41.0. The zero-order valence-electron chi connectivity index (χ0n) is 21.9. The van der Waals surface area contributed by atoms with Gasteiger partial charge >= 0.3 is 13.5 Å². The molecule has 0 aromatic carbocycles. The minimum Gasteiger partial charge on any atom is -0.368 e. The first-order valence-corrected chi connectivity index (χ1v) is 18.1. The van der Waals surface area contributed by atoms with Crippen LogP contribution in [0.15, 0.2) is 27.9 Å². The van der Waals surface area contributed by atoms with Gasteiger partial charge in [0.2, 0.25) is 17.9 Å². The van der Waals surface area contributed by atoms with E-state index < -0.39 is 87.6 Å². The number of carbonyl (C=O) groups excluding carboxylic acids is 1. The van der Waals surface area contributed by atoms with Crippen molar-refractivity contribution in [2.75, 3.05) is 18.9 Å². The molecule has 2 aromatic rings. The van der Waals surface area contributed by atoms with E-state index in [4.69, 9.17) is 50.5 Å². The van der Waals surface area contributed by atoms with Crippen LogP contribution >= 0.6 is 25.8 Å². The number of thiol groups is 1. The van der Waals surface area contributed by atoms with E-state index in [2.05, 4.69) is 48.0 Å². The van der Waals surface area contributed by atoms with Crippen LogP contribution in [-0.4, -0.2) is 103 Å². The van der Waals surface area contributed by atoms with Gasteiger partial charge in [-0.05, 0) is 11.8 Å². The van der Waals surface area contributed by atoms with E-state index in [-0.39, 0.29) is 18.2 Å². The Hall–Kier alpha value is -2.56. The first-order chi connectivity index (χ1) is 20.9. The molecule has 0 aliphatic carbocycles. The third kappa shape index (κ3) is 5.45. The maximum atomic E-state index is 15.8. The molecule has 0 saturated carbocycles. The number of aromatic nitrogens is 4. The Morgan fingerprint density at radius 1 is 1.20 bits per heavy atom. The van der Waals surface area contributed by atoms with Gasteiger partial charge < -0.3 is 29.1 Å². The van der Waals surface area contributed by atoms with Crippen molar-refractivity contribution >= 4 is 66.9 Å². The molecule has 44 heavy (non-hydrogen) atoms. The van der Waals surface area contributed by atoms with Gasteiger partial charge in [0.05, 0.1) is 31.6 Å². The molecule has 5 N–H and O–H groups in total. The molecule has 3 unspecified atom stereocenters. The standard InChI is InChI=1S/C19H22FN11O9P2S2/c20-11-10-4-36-41(33,43)39-8-1-7(6-2-25-31-14(6)23-5-24-19(31)22)37-9(8)3-35-42(34,44)40-13(11)17(38-10)30-15-12(28-29-30)16(32)27-18(21)26-15/h2,5,7-13,17H,1,3-4H2,(H,33,43)(H,34,44)(H2,21,27,32)(H2,22,23,24)/t7-,8+,9-,10-,11+,12?,13-,17-,41?,42?/m1/s1. The molecule has 25 heteroatoms. The van der Waals surface area contributed by atoms with E-state index in [1.807, 2.05) is 0 Å². The summed E-state index contributed by atoms with van der Waals surface area (Å²) in [5.74, 6) is -1.24. The Kier molecular flexibility index (Phi) is 7.56. The molecule has 5 aliphatic rings. The molecular weight excluding hydrogens is 671 g/mol. The number of fused-ring (bicyclic) bond motifs is 5. The van der Waals surface area contributed by atoms with Crippen molar-refractivity contribution in [1.29, 1.82) is 5.41 Å². The molecule has 0 radical (unpaired) electrons. The molecule has 5 aliphatic heterocycles. The van der Waals surface area contributed by atoms with Gasteiger partial charge in [-0.25, -0.2) is 18.9 Å². The van der Waals surface area contributed by atoms with Gasteiger partial charge in [0.25, 0.3) is 5.91 Å². The van der Waals surface area contributed by atoms with Crippen LogP contribution in [-0.2, 0) is 48.7 Å². The number of guanidine groups is 1. The number of ether oxygens (including phenoxy) is 2. The summed E-state index contributed by atoms with van der Waals surface area (Å²) >= 11 is 9.26. The predicted molar refractivity (Wildman–Crippen MR) is 150 cm³/mol. The topological polar surface area (TPSA) is 255 Å². The Balaban J connectivity index is 1.16. The van der Waals surface area contributed by atoms with Crippen LogP contribution in [0.25, 0.3) is 5.65 Å². The highest BCUT2D eigenvalue weighted by Gasteiger charge is 2.56. The summed E-state index contributed by atoms with van der Waals surface area (Å²) < 4.78 is 64.8. The lowest BCUT2D eigenvalue weighted by Gasteiger charge is -2.29. The van der Waals surface area contributed by atoms with Crippen LogP contribution < -0.4 is 11.1 Å². The summed E-state index contributed by atoms with van der Waals surface area (Å²) in [6.07, 6.45) is -6.52. The zero-order valence-corrected chi connectivity index (χ0v) is 25.4. The van der Waals surface area contributed by atoms with Crippen molar-refractivity contribution in [3.63, 3.8) is 0 Å². The summed E-state index contributed by atoms with van der Waals surface area (Å²) in [5.41, 5.74) is 6.76. The first-order valence-electron chi connectivity index (χ1n) is 12.8. The minimum absolute atomic E-state index is 0.0955. The lowest BCUT2D eigenvalue weighted by molar-refractivity contribution is -0.119. The summed E-state index contributed by atoms with van der Waals surface area (Å²) in [5, 5.41) is 22.7. The molecule has 10 atom stereocenters. The van der Waals surface area contributed by atoms with Crippen LogP contribution in [0.5, 0.6) is 0 Å². The van der Waals surface area contributed by atoms with E-state index in [1.165, 1.54) is 17.0 Å². The smallest absolute Gasteiger partial charge is 0.368 e. The molecule has 7 rings (SSSR count). The monoisotopic (exact) mass is 693 g/mol. The molecule has 3 fully saturated rings. The fraction of sp³-hybridized carbons (Fsp3) is 0.579. The van der Waals surface area contributed by atoms with Crippen LogP contribution in [0, 0.1) is 5.41 Å². The van der Waals surface area contributed by atoms with Crippen molar-refractivity contribution in [2.45, 2.75) is 55.4 Å². The number of nitrogen functional groups attached to an aromatic ring is 1. The summed E-state index contributed by atoms with van der Waals surface area (Å²) in [7, 11) is 0. The number of amides is 1. The number of rotatable bonds is 2. The van der Waals surface area contributed by atoms with Crippen molar-refractivity contribution in [3.8, 4) is 0 Å². The van der Waals surface area contributed by atoms with Crippen molar-refractivity contribution in [1.82, 2.24) is 29.9 Å². The Bertz CT molecular complexity index is 1700. The zero-order chi connectivity index (χ0) is 31.0. The number of hydrogen-bond acceptors (Lipinski definition) is 17. The van der Waals surface area contributed by atoms with Gasteiger partial charge in [0.1, 0.15) is 24.6 Å². The van der Waals surface area contributed by atoms with E-state index in [0.717, 1.165) is 5.01 Å². The SMILES string of the molecule is N=C1N=C2C(N=NN2[C@@H]2O[C@@H]3COP(O)(=S)O[C@H]4C[C@H](c5cnn6c(N)ncnc56)O[C@@H]4COP(=O)(S)O[C@@H]2[C@H]3F)C(=O)N1. The largest absolute Gasteiger partial charge is 0.386 e. The molecule has 20 nitrogen and oxygen atoms in total. The van der Waals surface area contributed by atoms with Gasteiger partial charge in [-0.1, -0.05) is 17.5 Å². The Morgan fingerprint density at radius 2 is 2.00 bits per heavy atom. The second kappa shape index (κ2) is 11.1. The van der Waals surface area contributed by atoms with Crippen molar-refractivity contribution < 1.29 is 46.2 Å². The van der Waals surface area contributed by atoms with E-state index in [1.54, 1.807) is 0 Å². The maximum absolute atomic E-state index is 15.8. The van der Waals surface area contributed by atoms with Crippen molar-refractivity contribution in [2.24, 2.45) is 15.3 Å². The summed E-state index contributed by atoms with van der Waals surface area (Å²) in [4.78, 5) is 35.2. The highest BCUT2D eigenvalue weighted by atomic mass is 32.7. The molecular formula is C19H22FN11O9P2S2. The lowest BCUT2D eigenvalue weighted by Crippen LogP contribution is -2.52. The van der Waals surface area contributed by atoms with Gasteiger partial charge in [-0.15, -0.1) is 5.11 Å². The fourth-order valence-electron chi connectivity index (χ4n) is 5.23. The molecule has 3 saturated heterocycles. The Labute approximate surface area is 255 Å². The van der Waals surface area contributed by atoms with Crippen LogP contribution in [0.3, 0.4) is 0 Å². The molecule has 2 bridgehead atoms. The lowest BCUT2D eigenvalue weighted by atomic mass is 10.1. The number of halogens is 1. The number of nitrogens with two attached hydrogens (primary N) is 1. The number of nitrogens with zero attached hydrogens (tertiary/aromatic N) is 8. The van der Waals surface area contributed by atoms with Gasteiger partial charge in [-0.2, -0.15) is 19.6 Å². The number of hydrogen-bond donors (Lipinski definition) is 5. The fourth-order valence-corrected chi connectivity index (χ4v) is 8.16. The second-order valence-electron chi connectivity index (χ2n) is 9.98. The minimum atomic E-state index is -4.38. The molecule has 7 heterocycles. The van der Waals surface area contributed by atoms with E-state index in [0.29, 0.717) is 11.2 Å². The number of alkyl halides is 1. The second-order valence-corrected chi connectivity index (χ2v) is 15.6. The third-order valence-corrected chi connectivity index (χ3v) is 10.4. The first kappa shape index (κ1) is 30.1. The van der Waals surface area contributed by atoms with Gasteiger partial charge in [0.15, 0.2) is 23.9 Å². The summed E-state index contributed by atoms with van der Waals surface area (Å²) in [6.45, 7) is -9.51.